The van der Waals surface area contributed by atoms with Gasteiger partial charge in [0, 0.05) is 25.8 Å². The van der Waals surface area contributed by atoms with Gasteiger partial charge in [-0.25, -0.2) is 4.98 Å². The smallest absolute Gasteiger partial charge is 0.311 e. The minimum Gasteiger partial charge on any atom is -0.384 e. The van der Waals surface area contributed by atoms with E-state index < -0.39 is 4.92 Å². The Bertz CT molecular complexity index is 449. The number of hydrogen-bond donors (Lipinski definition) is 1. The highest BCUT2D eigenvalue weighted by Gasteiger charge is 2.25. The van der Waals surface area contributed by atoms with Crippen LogP contribution in [0.1, 0.15) is 26.7 Å². The SMILES string of the molecule is CCC(CC)N(CCOC)c1nc(N)ccc1[N+](=O)[O-]. The van der Waals surface area contributed by atoms with Crippen LogP contribution in [0.4, 0.5) is 17.3 Å². The highest BCUT2D eigenvalue weighted by molar-refractivity contribution is 5.61. The Hall–Kier alpha value is -1.89. The molecule has 0 aromatic carbocycles. The van der Waals surface area contributed by atoms with Crippen molar-refractivity contribution in [2.24, 2.45) is 0 Å². The van der Waals surface area contributed by atoms with Gasteiger partial charge in [0.05, 0.1) is 11.5 Å². The van der Waals surface area contributed by atoms with Crippen molar-refractivity contribution in [2.45, 2.75) is 32.7 Å². The second kappa shape index (κ2) is 7.64. The van der Waals surface area contributed by atoms with Gasteiger partial charge in [-0.2, -0.15) is 0 Å². The van der Waals surface area contributed by atoms with E-state index in [-0.39, 0.29) is 17.5 Å². The molecule has 1 aromatic rings. The van der Waals surface area contributed by atoms with Crippen LogP contribution in [0.3, 0.4) is 0 Å². The van der Waals surface area contributed by atoms with E-state index in [4.69, 9.17) is 10.5 Å². The van der Waals surface area contributed by atoms with Gasteiger partial charge >= 0.3 is 5.69 Å². The van der Waals surface area contributed by atoms with Gasteiger partial charge in [-0.15, -0.1) is 0 Å². The van der Waals surface area contributed by atoms with Gasteiger partial charge < -0.3 is 15.4 Å². The fraction of sp³-hybridized carbons (Fsp3) is 0.615. The Morgan fingerprint density at radius 3 is 2.60 bits per heavy atom. The van der Waals surface area contributed by atoms with Crippen molar-refractivity contribution in [1.29, 1.82) is 0 Å². The predicted molar refractivity (Wildman–Crippen MR) is 78.9 cm³/mol. The van der Waals surface area contributed by atoms with Crippen molar-refractivity contribution in [3.05, 3.63) is 22.2 Å². The minimum atomic E-state index is -0.427. The zero-order valence-electron chi connectivity index (χ0n) is 12.2. The molecular weight excluding hydrogens is 260 g/mol. The number of nitro groups is 1. The fourth-order valence-corrected chi connectivity index (χ4v) is 2.19. The summed E-state index contributed by atoms with van der Waals surface area (Å²) in [6.45, 7) is 5.11. The van der Waals surface area contributed by atoms with Crippen LogP contribution in [0.2, 0.25) is 0 Å². The number of nitrogens with zero attached hydrogens (tertiary/aromatic N) is 3. The molecule has 1 rings (SSSR count). The number of methoxy groups -OCH3 is 1. The van der Waals surface area contributed by atoms with Crippen molar-refractivity contribution < 1.29 is 9.66 Å². The Morgan fingerprint density at radius 2 is 2.10 bits per heavy atom. The number of anilines is 2. The zero-order chi connectivity index (χ0) is 15.1. The molecule has 0 saturated carbocycles. The summed E-state index contributed by atoms with van der Waals surface area (Å²) in [5.74, 6) is 0.597. The normalized spacial score (nSPS) is 10.8. The van der Waals surface area contributed by atoms with Gasteiger partial charge in [0.2, 0.25) is 5.82 Å². The van der Waals surface area contributed by atoms with E-state index >= 15 is 0 Å². The molecular formula is C13H22N4O3. The number of pyridine rings is 1. The number of rotatable bonds is 8. The zero-order valence-corrected chi connectivity index (χ0v) is 12.2. The molecule has 0 aliphatic rings. The highest BCUT2D eigenvalue weighted by atomic mass is 16.6. The van der Waals surface area contributed by atoms with E-state index in [1.807, 2.05) is 18.7 Å². The summed E-state index contributed by atoms with van der Waals surface area (Å²) >= 11 is 0. The lowest BCUT2D eigenvalue weighted by atomic mass is 10.1. The van der Waals surface area contributed by atoms with Crippen LogP contribution in [-0.2, 0) is 4.74 Å². The van der Waals surface area contributed by atoms with Crippen LogP contribution in [0.5, 0.6) is 0 Å². The van der Waals surface area contributed by atoms with E-state index in [0.29, 0.717) is 19.0 Å². The van der Waals surface area contributed by atoms with E-state index in [1.54, 1.807) is 7.11 Å². The Balaban J connectivity index is 3.23. The Morgan fingerprint density at radius 1 is 1.45 bits per heavy atom. The average Bonchev–Trinajstić information content (AvgIpc) is 2.43. The summed E-state index contributed by atoms with van der Waals surface area (Å²) in [4.78, 5) is 16.8. The van der Waals surface area contributed by atoms with E-state index in [9.17, 15) is 10.1 Å². The molecule has 0 saturated heterocycles. The maximum Gasteiger partial charge on any atom is 0.311 e. The summed E-state index contributed by atoms with van der Waals surface area (Å²) in [6.07, 6.45) is 1.74. The number of hydrogen-bond acceptors (Lipinski definition) is 6. The van der Waals surface area contributed by atoms with Crippen molar-refractivity contribution in [1.82, 2.24) is 4.98 Å². The lowest BCUT2D eigenvalue weighted by Crippen LogP contribution is -2.38. The summed E-state index contributed by atoms with van der Waals surface area (Å²) in [5.41, 5.74) is 5.66. The van der Waals surface area contributed by atoms with Gasteiger partial charge in [0.15, 0.2) is 0 Å². The van der Waals surface area contributed by atoms with Crippen molar-refractivity contribution >= 4 is 17.3 Å². The number of ether oxygens (including phenoxy) is 1. The third-order valence-corrected chi connectivity index (χ3v) is 3.26. The van der Waals surface area contributed by atoms with Gasteiger partial charge in [-0.1, -0.05) is 13.8 Å². The highest BCUT2D eigenvalue weighted by Crippen LogP contribution is 2.29. The summed E-state index contributed by atoms with van der Waals surface area (Å²) in [7, 11) is 1.60. The van der Waals surface area contributed by atoms with Crippen LogP contribution in [0.15, 0.2) is 12.1 Å². The molecule has 0 spiro atoms. The third kappa shape index (κ3) is 3.80. The molecule has 0 aliphatic carbocycles. The van der Waals surface area contributed by atoms with E-state index in [2.05, 4.69) is 4.98 Å². The van der Waals surface area contributed by atoms with E-state index in [0.717, 1.165) is 12.8 Å². The van der Waals surface area contributed by atoms with Gasteiger partial charge in [-0.3, -0.25) is 10.1 Å². The lowest BCUT2D eigenvalue weighted by molar-refractivity contribution is -0.384. The van der Waals surface area contributed by atoms with Crippen LogP contribution >= 0.6 is 0 Å². The third-order valence-electron chi connectivity index (χ3n) is 3.26. The van der Waals surface area contributed by atoms with Crippen molar-refractivity contribution in [3.63, 3.8) is 0 Å². The molecule has 7 nitrogen and oxygen atoms in total. The molecule has 0 radical (unpaired) electrons. The molecule has 0 unspecified atom stereocenters. The molecule has 1 aromatic heterocycles. The number of aromatic nitrogens is 1. The van der Waals surface area contributed by atoms with Gasteiger partial charge in [0.1, 0.15) is 5.82 Å². The van der Waals surface area contributed by atoms with E-state index in [1.165, 1.54) is 12.1 Å². The first kappa shape index (κ1) is 16.2. The molecule has 0 aliphatic heterocycles. The monoisotopic (exact) mass is 282 g/mol. The first-order valence-corrected chi connectivity index (χ1v) is 6.71. The minimum absolute atomic E-state index is 0.0257. The Kier molecular flexibility index (Phi) is 6.17. The van der Waals surface area contributed by atoms with Crippen LogP contribution in [0.25, 0.3) is 0 Å². The maximum atomic E-state index is 11.2. The molecule has 0 amide bonds. The molecule has 0 fully saturated rings. The molecule has 0 bridgehead atoms. The van der Waals surface area contributed by atoms with Gasteiger partial charge in [-0.05, 0) is 18.9 Å². The molecule has 2 N–H and O–H groups in total. The van der Waals surface area contributed by atoms with Crippen LogP contribution < -0.4 is 10.6 Å². The van der Waals surface area contributed by atoms with Crippen molar-refractivity contribution in [3.8, 4) is 0 Å². The summed E-state index contributed by atoms with van der Waals surface area (Å²) < 4.78 is 5.09. The quantitative estimate of drug-likeness (QED) is 0.580. The molecule has 20 heavy (non-hydrogen) atoms. The number of nitrogen functional groups attached to an aromatic ring is 1. The fourth-order valence-electron chi connectivity index (χ4n) is 2.19. The molecule has 0 atom stereocenters. The lowest BCUT2D eigenvalue weighted by Gasteiger charge is -2.31. The second-order valence-corrected chi connectivity index (χ2v) is 4.49. The largest absolute Gasteiger partial charge is 0.384 e. The standard InChI is InChI=1S/C13H22N4O3/c1-4-10(5-2)16(8-9-20-3)13-11(17(18)19)6-7-12(14)15-13/h6-7,10H,4-5,8-9H2,1-3H3,(H2,14,15). The van der Waals surface area contributed by atoms with Gasteiger partial charge in [0.25, 0.3) is 0 Å². The Labute approximate surface area is 118 Å². The second-order valence-electron chi connectivity index (χ2n) is 4.49. The predicted octanol–water partition coefficient (Wildman–Crippen LogP) is 2.21. The average molecular weight is 282 g/mol. The first-order chi connectivity index (χ1) is 9.54. The van der Waals surface area contributed by atoms with Crippen molar-refractivity contribution in [2.75, 3.05) is 30.9 Å². The first-order valence-electron chi connectivity index (χ1n) is 6.71. The maximum absolute atomic E-state index is 11.2. The van der Waals surface area contributed by atoms with Crippen LogP contribution in [0, 0.1) is 10.1 Å². The molecule has 112 valence electrons. The molecule has 7 heteroatoms. The topological polar surface area (TPSA) is 94.5 Å². The molecule has 1 heterocycles. The number of nitrogens with two attached hydrogens (primary N) is 1. The summed E-state index contributed by atoms with van der Waals surface area (Å²) in [6, 6.07) is 3.02. The van der Waals surface area contributed by atoms with Crippen LogP contribution in [-0.4, -0.2) is 36.2 Å². The summed E-state index contributed by atoms with van der Waals surface area (Å²) in [5, 5.41) is 11.2.